The highest BCUT2D eigenvalue weighted by Crippen LogP contribution is 2.34. The predicted octanol–water partition coefficient (Wildman–Crippen LogP) is 5.28. The number of likely N-dealkylation sites (N-methyl/N-ethyl adjacent to an activating group) is 1. The van der Waals surface area contributed by atoms with Gasteiger partial charge in [-0.15, -0.1) is 0 Å². The van der Waals surface area contributed by atoms with Gasteiger partial charge in [0.05, 0.1) is 17.7 Å². The highest BCUT2D eigenvalue weighted by atomic mass is 32.2. The highest BCUT2D eigenvalue weighted by molar-refractivity contribution is 7.92. The van der Waals surface area contributed by atoms with E-state index in [1.54, 1.807) is 30.3 Å². The van der Waals surface area contributed by atoms with Crippen LogP contribution in [0.5, 0.6) is 5.75 Å². The third-order valence-corrected chi connectivity index (χ3v) is 9.08. The lowest BCUT2D eigenvalue weighted by atomic mass is 10.0. The largest absolute Gasteiger partial charge is 0.495 e. The standard InChI is InChI=1S/C35H39N3O5S/c1-5-36-35(40)32(23-28-12-8-6-9-13-28)37(24-29-19-16-26(2)17-20-29)34(39)25-38(31-22-27(3)18-21-33(31)43-4)44(41,42)30-14-10-7-11-15-30/h6-22,32H,5,23-25H2,1-4H3,(H,36,40)/t32-/m0/s1. The van der Waals surface area contributed by atoms with E-state index in [1.807, 2.05) is 81.4 Å². The monoisotopic (exact) mass is 613 g/mol. The van der Waals surface area contributed by atoms with E-state index in [0.29, 0.717) is 12.3 Å². The maximum absolute atomic E-state index is 14.5. The van der Waals surface area contributed by atoms with Crippen LogP contribution in [0.2, 0.25) is 0 Å². The predicted molar refractivity (Wildman–Crippen MR) is 173 cm³/mol. The smallest absolute Gasteiger partial charge is 0.264 e. The molecule has 0 aliphatic heterocycles. The van der Waals surface area contributed by atoms with Crippen molar-refractivity contribution in [3.63, 3.8) is 0 Å². The molecule has 0 aliphatic rings. The lowest BCUT2D eigenvalue weighted by Crippen LogP contribution is -2.53. The van der Waals surface area contributed by atoms with Gasteiger partial charge in [-0.1, -0.05) is 84.4 Å². The van der Waals surface area contributed by atoms with E-state index in [1.165, 1.54) is 24.1 Å². The molecule has 4 aromatic rings. The van der Waals surface area contributed by atoms with Crippen molar-refractivity contribution in [1.82, 2.24) is 10.2 Å². The lowest BCUT2D eigenvalue weighted by molar-refractivity contribution is -0.140. The fraction of sp³-hybridized carbons (Fsp3) is 0.257. The Labute approximate surface area is 260 Å². The number of nitrogens with zero attached hydrogens (tertiary/aromatic N) is 2. The molecule has 4 rings (SSSR count). The number of hydrogen-bond donors (Lipinski definition) is 1. The van der Waals surface area contributed by atoms with Gasteiger partial charge in [0.1, 0.15) is 18.3 Å². The first-order valence-electron chi connectivity index (χ1n) is 14.5. The zero-order valence-electron chi connectivity index (χ0n) is 25.6. The van der Waals surface area contributed by atoms with E-state index < -0.39 is 28.5 Å². The molecule has 1 N–H and O–H groups in total. The first kappa shape index (κ1) is 32.3. The SMILES string of the molecule is CCNC(=O)[C@H](Cc1ccccc1)N(Cc1ccc(C)cc1)C(=O)CN(c1cc(C)ccc1OC)S(=O)(=O)c1ccccc1. The van der Waals surface area contributed by atoms with Gasteiger partial charge in [0.25, 0.3) is 10.0 Å². The van der Waals surface area contributed by atoms with Gasteiger partial charge in [-0.25, -0.2) is 8.42 Å². The zero-order valence-corrected chi connectivity index (χ0v) is 26.4. The van der Waals surface area contributed by atoms with Crippen molar-refractivity contribution in [1.29, 1.82) is 0 Å². The van der Waals surface area contributed by atoms with Gasteiger partial charge >= 0.3 is 0 Å². The van der Waals surface area contributed by atoms with E-state index >= 15 is 0 Å². The van der Waals surface area contributed by atoms with Crippen molar-refractivity contribution >= 4 is 27.5 Å². The molecule has 0 saturated carbocycles. The van der Waals surface area contributed by atoms with E-state index in [9.17, 15) is 18.0 Å². The fourth-order valence-electron chi connectivity index (χ4n) is 4.96. The minimum absolute atomic E-state index is 0.0333. The van der Waals surface area contributed by atoms with E-state index in [-0.39, 0.29) is 29.5 Å². The molecule has 0 aromatic heterocycles. The second kappa shape index (κ2) is 14.7. The number of anilines is 1. The molecule has 230 valence electrons. The van der Waals surface area contributed by atoms with Crippen LogP contribution in [0.15, 0.2) is 108 Å². The molecule has 9 heteroatoms. The second-order valence-corrected chi connectivity index (χ2v) is 12.5. The summed E-state index contributed by atoms with van der Waals surface area (Å²) in [7, 11) is -2.76. The van der Waals surface area contributed by atoms with E-state index in [0.717, 1.165) is 26.6 Å². The van der Waals surface area contributed by atoms with Gasteiger partial charge in [-0.05, 0) is 61.7 Å². The van der Waals surface area contributed by atoms with Gasteiger partial charge in [0.2, 0.25) is 11.8 Å². The molecule has 0 aliphatic carbocycles. The van der Waals surface area contributed by atoms with Crippen LogP contribution in [-0.4, -0.2) is 51.4 Å². The van der Waals surface area contributed by atoms with Crippen molar-refractivity contribution in [2.75, 3.05) is 24.5 Å². The Morgan fingerprint density at radius 1 is 0.818 bits per heavy atom. The molecule has 44 heavy (non-hydrogen) atoms. The van der Waals surface area contributed by atoms with Crippen molar-refractivity contribution in [3.05, 3.63) is 125 Å². The van der Waals surface area contributed by atoms with Crippen LogP contribution in [0.3, 0.4) is 0 Å². The molecular weight excluding hydrogens is 574 g/mol. The summed E-state index contributed by atoms with van der Waals surface area (Å²) < 4.78 is 35.0. The Balaban J connectivity index is 1.83. The summed E-state index contributed by atoms with van der Waals surface area (Å²) in [4.78, 5) is 29.6. The molecule has 0 unspecified atom stereocenters. The number of amides is 2. The van der Waals surface area contributed by atoms with Crippen molar-refractivity contribution in [2.45, 2.75) is 44.7 Å². The normalized spacial score (nSPS) is 11.8. The average molecular weight is 614 g/mol. The first-order valence-corrected chi connectivity index (χ1v) is 16.0. The second-order valence-electron chi connectivity index (χ2n) is 10.6. The van der Waals surface area contributed by atoms with Crippen LogP contribution in [0, 0.1) is 13.8 Å². The van der Waals surface area contributed by atoms with Crippen molar-refractivity contribution < 1.29 is 22.7 Å². The molecule has 0 heterocycles. The third kappa shape index (κ3) is 7.85. The number of nitrogens with one attached hydrogen (secondary N) is 1. The quantitative estimate of drug-likeness (QED) is 0.221. The van der Waals surface area contributed by atoms with Gasteiger partial charge in [-0.2, -0.15) is 0 Å². The molecule has 2 amide bonds. The van der Waals surface area contributed by atoms with Gasteiger partial charge < -0.3 is 15.0 Å². The number of benzene rings is 4. The van der Waals surface area contributed by atoms with Gasteiger partial charge in [-0.3, -0.25) is 13.9 Å². The van der Waals surface area contributed by atoms with Crippen LogP contribution in [0.25, 0.3) is 0 Å². The lowest BCUT2D eigenvalue weighted by Gasteiger charge is -2.34. The number of ether oxygens (including phenoxy) is 1. The minimum Gasteiger partial charge on any atom is -0.495 e. The minimum atomic E-state index is -4.22. The molecule has 0 saturated heterocycles. The number of carbonyl (C=O) groups is 2. The molecular formula is C35H39N3O5S. The average Bonchev–Trinajstić information content (AvgIpc) is 3.03. The van der Waals surface area contributed by atoms with Crippen LogP contribution >= 0.6 is 0 Å². The molecule has 4 aromatic carbocycles. The Kier molecular flexibility index (Phi) is 10.8. The summed E-state index contributed by atoms with van der Waals surface area (Å²) in [6.45, 7) is 5.58. The Morgan fingerprint density at radius 2 is 1.43 bits per heavy atom. The summed E-state index contributed by atoms with van der Waals surface area (Å²) in [5.74, 6) is -0.541. The Hall–Kier alpha value is -4.63. The van der Waals surface area contributed by atoms with E-state index in [4.69, 9.17) is 4.74 Å². The molecule has 0 bridgehead atoms. The van der Waals surface area contributed by atoms with Crippen LogP contribution in [0.4, 0.5) is 5.69 Å². The third-order valence-electron chi connectivity index (χ3n) is 7.31. The molecule has 8 nitrogen and oxygen atoms in total. The maximum atomic E-state index is 14.5. The number of hydrogen-bond acceptors (Lipinski definition) is 5. The van der Waals surface area contributed by atoms with Crippen molar-refractivity contribution in [2.24, 2.45) is 0 Å². The number of rotatable bonds is 13. The molecule has 0 fully saturated rings. The summed E-state index contributed by atoms with van der Waals surface area (Å²) in [5.41, 5.74) is 3.78. The summed E-state index contributed by atoms with van der Waals surface area (Å²) in [5, 5.41) is 2.88. The molecule has 1 atom stereocenters. The topological polar surface area (TPSA) is 96.0 Å². The van der Waals surface area contributed by atoms with Crippen molar-refractivity contribution in [3.8, 4) is 5.75 Å². The van der Waals surface area contributed by atoms with Crippen LogP contribution in [0.1, 0.15) is 29.2 Å². The summed E-state index contributed by atoms with van der Waals surface area (Å²) in [6.07, 6.45) is 0.253. The number of aryl methyl sites for hydroxylation is 2. The first-order chi connectivity index (χ1) is 21.1. The maximum Gasteiger partial charge on any atom is 0.264 e. The Morgan fingerprint density at radius 3 is 2.05 bits per heavy atom. The van der Waals surface area contributed by atoms with Gasteiger partial charge in [0, 0.05) is 19.5 Å². The van der Waals surface area contributed by atoms with Crippen LogP contribution < -0.4 is 14.4 Å². The summed E-state index contributed by atoms with van der Waals surface area (Å²) >= 11 is 0. The molecule has 0 radical (unpaired) electrons. The Bertz CT molecular complexity index is 1660. The molecule has 0 spiro atoms. The number of methoxy groups -OCH3 is 1. The number of carbonyl (C=O) groups excluding carboxylic acids is 2. The zero-order chi connectivity index (χ0) is 31.7. The van der Waals surface area contributed by atoms with Gasteiger partial charge in [0.15, 0.2) is 0 Å². The highest BCUT2D eigenvalue weighted by Gasteiger charge is 2.35. The summed E-state index contributed by atoms with van der Waals surface area (Å²) in [6, 6.07) is 29.4. The van der Waals surface area contributed by atoms with Crippen LogP contribution in [-0.2, 0) is 32.6 Å². The number of sulfonamides is 1. The fourth-order valence-corrected chi connectivity index (χ4v) is 6.40. The van der Waals surface area contributed by atoms with E-state index in [2.05, 4.69) is 5.32 Å².